The monoisotopic (exact) mass is 209 g/mol. The molecule has 1 N–H and O–H groups in total. The zero-order valence-electron chi connectivity index (χ0n) is 8.63. The summed E-state index contributed by atoms with van der Waals surface area (Å²) in [5.74, 6) is -0.463. The highest BCUT2D eigenvalue weighted by atomic mass is 19.1. The molecule has 1 aliphatic heterocycles. The number of amides is 1. The molecule has 0 bridgehead atoms. The van der Waals surface area contributed by atoms with Crippen molar-refractivity contribution in [2.75, 3.05) is 11.9 Å². The number of hydrogen-bond donors (Lipinski definition) is 1. The topological polar surface area (TPSA) is 41.6 Å². The van der Waals surface area contributed by atoms with Crippen LogP contribution in [0.5, 0.6) is 0 Å². The third-order valence-corrected chi connectivity index (χ3v) is 2.47. The number of carbonyl (C=O) groups is 1. The van der Waals surface area contributed by atoms with Crippen LogP contribution in [-0.4, -0.2) is 18.1 Å². The van der Waals surface area contributed by atoms with Gasteiger partial charge in [-0.3, -0.25) is 4.79 Å². The standard InChI is InChI=1S/C11H12FNO2/c1-7-5-8(3-4-9(7)12)13-10(14)11(2)6-15-11/h3-5H,6H2,1-2H3,(H,13,14). The molecule has 3 nitrogen and oxygen atoms in total. The molecule has 4 heteroatoms. The normalized spacial score (nSPS) is 23.7. The molecule has 1 unspecified atom stereocenters. The fraction of sp³-hybridized carbons (Fsp3) is 0.364. The molecule has 1 aromatic rings. The summed E-state index contributed by atoms with van der Waals surface area (Å²) in [6, 6.07) is 4.46. The van der Waals surface area contributed by atoms with E-state index in [1.54, 1.807) is 19.9 Å². The highest BCUT2D eigenvalue weighted by Crippen LogP contribution is 2.27. The van der Waals surface area contributed by atoms with E-state index in [2.05, 4.69) is 5.32 Å². The van der Waals surface area contributed by atoms with Crippen molar-refractivity contribution in [3.8, 4) is 0 Å². The van der Waals surface area contributed by atoms with Gasteiger partial charge >= 0.3 is 0 Å². The lowest BCUT2D eigenvalue weighted by molar-refractivity contribution is -0.120. The van der Waals surface area contributed by atoms with E-state index in [1.807, 2.05) is 0 Å². The predicted molar refractivity (Wildman–Crippen MR) is 54.1 cm³/mol. The number of nitrogens with one attached hydrogen (secondary N) is 1. The first-order chi connectivity index (χ1) is 7.01. The van der Waals surface area contributed by atoms with Gasteiger partial charge in [0.05, 0.1) is 6.61 Å². The summed E-state index contributed by atoms with van der Waals surface area (Å²) in [7, 11) is 0. The van der Waals surface area contributed by atoms with Gasteiger partial charge in [-0.2, -0.15) is 0 Å². The quantitative estimate of drug-likeness (QED) is 0.755. The lowest BCUT2D eigenvalue weighted by Crippen LogP contribution is -2.28. The SMILES string of the molecule is Cc1cc(NC(=O)C2(C)CO2)ccc1F. The molecule has 0 saturated carbocycles. The Morgan fingerprint density at radius 1 is 1.60 bits per heavy atom. The van der Waals surface area contributed by atoms with Gasteiger partial charge in [0, 0.05) is 5.69 Å². The number of carbonyl (C=O) groups excluding carboxylic acids is 1. The van der Waals surface area contributed by atoms with Crippen LogP contribution in [-0.2, 0) is 9.53 Å². The summed E-state index contributed by atoms with van der Waals surface area (Å²) in [4.78, 5) is 11.6. The molecule has 2 rings (SSSR count). The van der Waals surface area contributed by atoms with Gasteiger partial charge in [0.2, 0.25) is 0 Å². The van der Waals surface area contributed by atoms with Crippen LogP contribution in [0, 0.1) is 12.7 Å². The number of epoxide rings is 1. The average Bonchev–Trinajstić information content (AvgIpc) is 2.92. The van der Waals surface area contributed by atoms with Crippen molar-refractivity contribution in [1.82, 2.24) is 0 Å². The lowest BCUT2D eigenvalue weighted by atomic mass is 10.1. The van der Waals surface area contributed by atoms with E-state index >= 15 is 0 Å². The molecule has 0 aliphatic carbocycles. The number of benzene rings is 1. The van der Waals surface area contributed by atoms with Crippen LogP contribution in [0.15, 0.2) is 18.2 Å². The molecular formula is C11H12FNO2. The Morgan fingerprint density at radius 2 is 2.27 bits per heavy atom. The van der Waals surface area contributed by atoms with Crippen molar-refractivity contribution in [3.63, 3.8) is 0 Å². The Balaban J connectivity index is 2.11. The minimum absolute atomic E-state index is 0.187. The maximum absolute atomic E-state index is 12.9. The van der Waals surface area contributed by atoms with E-state index < -0.39 is 5.60 Å². The summed E-state index contributed by atoms with van der Waals surface area (Å²) < 4.78 is 17.9. The van der Waals surface area contributed by atoms with Crippen molar-refractivity contribution < 1.29 is 13.9 Å². The fourth-order valence-electron chi connectivity index (χ4n) is 1.23. The van der Waals surface area contributed by atoms with Gasteiger partial charge < -0.3 is 10.1 Å². The van der Waals surface area contributed by atoms with Gasteiger partial charge in [-0.05, 0) is 37.6 Å². The Labute approximate surface area is 87.2 Å². The molecular weight excluding hydrogens is 197 g/mol. The van der Waals surface area contributed by atoms with Gasteiger partial charge in [0.15, 0.2) is 5.60 Å². The third kappa shape index (κ3) is 1.99. The van der Waals surface area contributed by atoms with Crippen LogP contribution in [0.25, 0.3) is 0 Å². The van der Waals surface area contributed by atoms with E-state index in [1.165, 1.54) is 12.1 Å². The lowest BCUT2D eigenvalue weighted by Gasteiger charge is -2.08. The van der Waals surface area contributed by atoms with Gasteiger partial charge in [-0.15, -0.1) is 0 Å². The average molecular weight is 209 g/mol. The highest BCUT2D eigenvalue weighted by Gasteiger charge is 2.47. The first-order valence-corrected chi connectivity index (χ1v) is 4.73. The third-order valence-electron chi connectivity index (χ3n) is 2.47. The molecule has 1 fully saturated rings. The van der Waals surface area contributed by atoms with Crippen molar-refractivity contribution in [3.05, 3.63) is 29.6 Å². The molecule has 1 aromatic carbocycles. The number of aryl methyl sites for hydroxylation is 1. The van der Waals surface area contributed by atoms with Crippen molar-refractivity contribution in [1.29, 1.82) is 0 Å². The summed E-state index contributed by atoms with van der Waals surface area (Å²) in [5.41, 5.74) is 0.410. The van der Waals surface area contributed by atoms with Crippen LogP contribution in [0.4, 0.5) is 10.1 Å². The predicted octanol–water partition coefficient (Wildman–Crippen LogP) is 1.86. The number of rotatable bonds is 2. The molecule has 0 aromatic heterocycles. The van der Waals surface area contributed by atoms with Gasteiger partial charge in [-0.25, -0.2) is 4.39 Å². The number of halogens is 1. The smallest absolute Gasteiger partial charge is 0.258 e. The number of ether oxygens (including phenoxy) is 1. The fourth-order valence-corrected chi connectivity index (χ4v) is 1.23. The van der Waals surface area contributed by atoms with Crippen LogP contribution < -0.4 is 5.32 Å². The zero-order valence-corrected chi connectivity index (χ0v) is 8.63. The van der Waals surface area contributed by atoms with Crippen LogP contribution in [0.1, 0.15) is 12.5 Å². The zero-order chi connectivity index (χ0) is 11.1. The summed E-state index contributed by atoms with van der Waals surface area (Å²) >= 11 is 0. The molecule has 1 saturated heterocycles. The minimum atomic E-state index is -0.692. The van der Waals surface area contributed by atoms with Gasteiger partial charge in [-0.1, -0.05) is 0 Å². The highest BCUT2D eigenvalue weighted by molar-refractivity contribution is 5.98. The summed E-state index contributed by atoms with van der Waals surface area (Å²) in [6.45, 7) is 3.82. The molecule has 1 aliphatic rings. The Kier molecular flexibility index (Phi) is 2.23. The van der Waals surface area contributed by atoms with Crippen molar-refractivity contribution in [2.45, 2.75) is 19.4 Å². The molecule has 1 heterocycles. The second-order valence-electron chi connectivity index (χ2n) is 3.94. The Hall–Kier alpha value is -1.42. The van der Waals surface area contributed by atoms with Crippen LogP contribution in [0.3, 0.4) is 0 Å². The second kappa shape index (κ2) is 3.31. The van der Waals surface area contributed by atoms with Gasteiger partial charge in [0.1, 0.15) is 5.82 Å². The molecule has 1 amide bonds. The molecule has 0 spiro atoms. The molecule has 15 heavy (non-hydrogen) atoms. The first-order valence-electron chi connectivity index (χ1n) is 4.73. The molecule has 0 radical (unpaired) electrons. The van der Waals surface area contributed by atoms with Crippen LogP contribution >= 0.6 is 0 Å². The molecule has 80 valence electrons. The van der Waals surface area contributed by atoms with Gasteiger partial charge in [0.25, 0.3) is 5.91 Å². The number of hydrogen-bond acceptors (Lipinski definition) is 2. The van der Waals surface area contributed by atoms with E-state index in [0.29, 0.717) is 17.9 Å². The number of anilines is 1. The van der Waals surface area contributed by atoms with Crippen molar-refractivity contribution in [2.24, 2.45) is 0 Å². The maximum Gasteiger partial charge on any atom is 0.258 e. The van der Waals surface area contributed by atoms with E-state index in [9.17, 15) is 9.18 Å². The van der Waals surface area contributed by atoms with Crippen LogP contribution in [0.2, 0.25) is 0 Å². The maximum atomic E-state index is 12.9. The van der Waals surface area contributed by atoms with E-state index in [-0.39, 0.29) is 11.7 Å². The largest absolute Gasteiger partial charge is 0.359 e. The molecule has 1 atom stereocenters. The minimum Gasteiger partial charge on any atom is -0.359 e. The Morgan fingerprint density at radius 3 is 2.80 bits per heavy atom. The second-order valence-corrected chi connectivity index (χ2v) is 3.94. The van der Waals surface area contributed by atoms with E-state index in [0.717, 1.165) is 0 Å². The van der Waals surface area contributed by atoms with E-state index in [4.69, 9.17) is 4.74 Å². The van der Waals surface area contributed by atoms with Crippen molar-refractivity contribution >= 4 is 11.6 Å². The summed E-state index contributed by atoms with van der Waals surface area (Å²) in [5, 5.41) is 2.68. The summed E-state index contributed by atoms with van der Waals surface area (Å²) in [6.07, 6.45) is 0. The first kappa shape index (κ1) is 10.1. The Bertz CT molecular complexity index is 413.